The van der Waals surface area contributed by atoms with Gasteiger partial charge in [-0.1, -0.05) is 26.0 Å². The minimum atomic E-state index is 0.0964. The van der Waals surface area contributed by atoms with Gasteiger partial charge in [-0.3, -0.25) is 0 Å². The van der Waals surface area contributed by atoms with E-state index in [1.54, 1.807) is 5.57 Å². The van der Waals surface area contributed by atoms with Crippen LogP contribution >= 0.6 is 0 Å². The molecule has 4 bridgehead atoms. The Morgan fingerprint density at radius 3 is 2.43 bits per heavy atom. The molecule has 0 N–H and O–H groups in total. The second-order valence-electron chi connectivity index (χ2n) is 9.35. The molecule has 4 nitrogen and oxygen atoms in total. The van der Waals surface area contributed by atoms with E-state index in [1.807, 2.05) is 20.1 Å². The SMILES string of the molecule is CCOc1cccc(C(OC)=C2C3CC4CC2CC(OCCN(CC)CC)(C4)C3)c1. The number of likely N-dealkylation sites (N-methyl/N-ethyl adjacent to an activating group) is 1. The van der Waals surface area contributed by atoms with Crippen LogP contribution in [0.2, 0.25) is 0 Å². The molecular formula is C26H39NO3. The van der Waals surface area contributed by atoms with Crippen molar-refractivity contribution in [2.45, 2.75) is 58.5 Å². The first-order valence-electron chi connectivity index (χ1n) is 12.0. The molecule has 2 atom stereocenters. The van der Waals surface area contributed by atoms with Crippen molar-refractivity contribution in [3.63, 3.8) is 0 Å². The molecule has 0 spiro atoms. The van der Waals surface area contributed by atoms with Crippen molar-refractivity contribution in [2.75, 3.05) is 40.0 Å². The minimum Gasteiger partial charge on any atom is -0.496 e. The molecule has 1 aromatic carbocycles. The van der Waals surface area contributed by atoms with Crippen LogP contribution in [0.1, 0.15) is 58.4 Å². The zero-order valence-electron chi connectivity index (χ0n) is 19.3. The van der Waals surface area contributed by atoms with Crippen LogP contribution in [-0.4, -0.2) is 50.5 Å². The monoisotopic (exact) mass is 413 g/mol. The van der Waals surface area contributed by atoms with Gasteiger partial charge in [0.15, 0.2) is 0 Å². The van der Waals surface area contributed by atoms with Gasteiger partial charge in [-0.05, 0) is 87.6 Å². The van der Waals surface area contributed by atoms with Gasteiger partial charge in [-0.2, -0.15) is 0 Å². The Labute approximate surface area is 182 Å². The maximum absolute atomic E-state index is 6.67. The minimum absolute atomic E-state index is 0.0964. The topological polar surface area (TPSA) is 30.9 Å². The van der Waals surface area contributed by atoms with Crippen molar-refractivity contribution in [1.82, 2.24) is 4.90 Å². The molecular weight excluding hydrogens is 374 g/mol. The fourth-order valence-corrected chi connectivity index (χ4v) is 6.49. The molecule has 5 rings (SSSR count). The van der Waals surface area contributed by atoms with Crippen LogP contribution in [0.15, 0.2) is 29.8 Å². The molecule has 0 radical (unpaired) electrons. The molecule has 4 aliphatic rings. The van der Waals surface area contributed by atoms with Crippen LogP contribution in [0.4, 0.5) is 0 Å². The quantitative estimate of drug-likeness (QED) is 0.482. The molecule has 30 heavy (non-hydrogen) atoms. The molecule has 0 heterocycles. The van der Waals surface area contributed by atoms with E-state index in [1.165, 1.54) is 19.3 Å². The highest BCUT2D eigenvalue weighted by atomic mass is 16.5. The van der Waals surface area contributed by atoms with E-state index in [4.69, 9.17) is 14.2 Å². The average Bonchev–Trinajstić information content (AvgIpc) is 2.74. The Balaban J connectivity index is 1.54. The molecule has 0 amide bonds. The molecule has 166 valence electrons. The van der Waals surface area contributed by atoms with E-state index in [0.717, 1.165) is 62.1 Å². The zero-order valence-corrected chi connectivity index (χ0v) is 19.3. The molecule has 4 fully saturated rings. The Morgan fingerprint density at radius 1 is 1.07 bits per heavy atom. The number of nitrogens with zero attached hydrogens (tertiary/aromatic N) is 1. The summed E-state index contributed by atoms with van der Waals surface area (Å²) in [7, 11) is 1.83. The van der Waals surface area contributed by atoms with Crippen LogP contribution in [0, 0.1) is 17.8 Å². The smallest absolute Gasteiger partial charge is 0.125 e. The van der Waals surface area contributed by atoms with Crippen LogP contribution in [-0.2, 0) is 9.47 Å². The summed E-state index contributed by atoms with van der Waals surface area (Å²) in [6.45, 7) is 11.3. The van der Waals surface area contributed by atoms with Gasteiger partial charge in [0.05, 0.1) is 25.9 Å². The Hall–Kier alpha value is -1.52. The molecule has 0 aliphatic heterocycles. The zero-order chi connectivity index (χ0) is 21.1. The highest BCUT2D eigenvalue weighted by Crippen LogP contribution is 2.60. The fraction of sp³-hybridized carbons (Fsp3) is 0.692. The van der Waals surface area contributed by atoms with Crippen LogP contribution < -0.4 is 4.74 Å². The summed E-state index contributed by atoms with van der Waals surface area (Å²) in [5.74, 6) is 4.01. The van der Waals surface area contributed by atoms with Crippen LogP contribution in [0.25, 0.3) is 5.76 Å². The van der Waals surface area contributed by atoms with Crippen molar-refractivity contribution in [3.8, 4) is 5.75 Å². The van der Waals surface area contributed by atoms with Crippen molar-refractivity contribution in [2.24, 2.45) is 17.8 Å². The normalized spacial score (nSPS) is 29.5. The lowest BCUT2D eigenvalue weighted by Gasteiger charge is -2.57. The van der Waals surface area contributed by atoms with Gasteiger partial charge in [0.1, 0.15) is 11.5 Å². The highest BCUT2D eigenvalue weighted by Gasteiger charge is 2.55. The van der Waals surface area contributed by atoms with Crippen molar-refractivity contribution in [3.05, 3.63) is 35.4 Å². The third-order valence-electron chi connectivity index (χ3n) is 7.60. The summed E-state index contributed by atoms with van der Waals surface area (Å²) in [4.78, 5) is 2.46. The van der Waals surface area contributed by atoms with Gasteiger partial charge in [0.25, 0.3) is 0 Å². The maximum atomic E-state index is 6.67. The summed E-state index contributed by atoms with van der Waals surface area (Å²) < 4.78 is 18.5. The van der Waals surface area contributed by atoms with Gasteiger partial charge in [0.2, 0.25) is 0 Å². The van der Waals surface area contributed by atoms with E-state index in [0.29, 0.717) is 18.4 Å². The third kappa shape index (κ3) is 4.27. The van der Waals surface area contributed by atoms with Gasteiger partial charge in [-0.25, -0.2) is 0 Å². The first-order valence-corrected chi connectivity index (χ1v) is 12.0. The number of hydrogen-bond donors (Lipinski definition) is 0. The van der Waals surface area contributed by atoms with Gasteiger partial charge in [0, 0.05) is 12.1 Å². The molecule has 4 heteroatoms. The molecule has 0 aromatic heterocycles. The summed E-state index contributed by atoms with van der Waals surface area (Å²) in [5.41, 5.74) is 2.80. The Kier molecular flexibility index (Phi) is 6.74. The highest BCUT2D eigenvalue weighted by molar-refractivity contribution is 5.66. The molecule has 4 aliphatic carbocycles. The van der Waals surface area contributed by atoms with Gasteiger partial charge >= 0.3 is 0 Å². The largest absolute Gasteiger partial charge is 0.496 e. The molecule has 4 saturated carbocycles. The second kappa shape index (κ2) is 9.32. The van der Waals surface area contributed by atoms with E-state index in [9.17, 15) is 0 Å². The lowest BCUT2D eigenvalue weighted by Crippen LogP contribution is -2.53. The first kappa shape index (κ1) is 21.7. The lowest BCUT2D eigenvalue weighted by molar-refractivity contribution is -0.146. The van der Waals surface area contributed by atoms with Crippen LogP contribution in [0.5, 0.6) is 5.75 Å². The summed E-state index contributed by atoms with van der Waals surface area (Å²) in [6.07, 6.45) is 6.17. The van der Waals surface area contributed by atoms with Gasteiger partial charge in [-0.15, -0.1) is 0 Å². The van der Waals surface area contributed by atoms with E-state index >= 15 is 0 Å². The fourth-order valence-electron chi connectivity index (χ4n) is 6.49. The average molecular weight is 414 g/mol. The summed E-state index contributed by atoms with van der Waals surface area (Å²) in [6, 6.07) is 8.40. The molecule has 2 unspecified atom stereocenters. The Morgan fingerprint density at radius 2 is 1.80 bits per heavy atom. The second-order valence-corrected chi connectivity index (χ2v) is 9.35. The number of rotatable bonds is 10. The molecule has 1 aromatic rings. The third-order valence-corrected chi connectivity index (χ3v) is 7.60. The number of benzene rings is 1. The lowest BCUT2D eigenvalue weighted by atomic mass is 9.52. The van der Waals surface area contributed by atoms with Crippen LogP contribution in [0.3, 0.4) is 0 Å². The predicted octanol–water partition coefficient (Wildman–Crippen LogP) is 5.38. The van der Waals surface area contributed by atoms with E-state index < -0.39 is 0 Å². The summed E-state index contributed by atoms with van der Waals surface area (Å²) >= 11 is 0. The number of methoxy groups -OCH3 is 1. The number of allylic oxidation sites excluding steroid dienone is 1. The number of ether oxygens (including phenoxy) is 3. The summed E-state index contributed by atoms with van der Waals surface area (Å²) in [5, 5.41) is 0. The van der Waals surface area contributed by atoms with Gasteiger partial charge < -0.3 is 19.1 Å². The predicted molar refractivity (Wildman–Crippen MR) is 122 cm³/mol. The van der Waals surface area contributed by atoms with E-state index in [-0.39, 0.29) is 5.60 Å². The van der Waals surface area contributed by atoms with Crippen molar-refractivity contribution < 1.29 is 14.2 Å². The first-order chi connectivity index (χ1) is 14.6. The van der Waals surface area contributed by atoms with Crippen molar-refractivity contribution >= 4 is 5.76 Å². The number of hydrogen-bond acceptors (Lipinski definition) is 4. The van der Waals surface area contributed by atoms with E-state index in [2.05, 4.69) is 36.9 Å². The maximum Gasteiger partial charge on any atom is 0.125 e. The Bertz CT molecular complexity index is 736. The standard InChI is InChI=1S/C26H39NO3/c1-5-27(6-2)11-12-30-26-16-19-13-21(17-26)24(22(14-19)18-26)25(28-4)20-9-8-10-23(15-20)29-7-3/h8-10,15,19,21-22H,5-7,11-14,16-18H2,1-4H3. The molecule has 0 saturated heterocycles. The van der Waals surface area contributed by atoms with Crippen molar-refractivity contribution in [1.29, 1.82) is 0 Å².